The van der Waals surface area contributed by atoms with E-state index in [1.165, 1.54) is 0 Å². The zero-order chi connectivity index (χ0) is 13.8. The first-order chi connectivity index (χ1) is 9.06. The first-order valence-corrected chi connectivity index (χ1v) is 6.22. The van der Waals surface area contributed by atoms with E-state index in [0.717, 1.165) is 18.8 Å². The molecule has 1 fully saturated rings. The summed E-state index contributed by atoms with van der Waals surface area (Å²) in [4.78, 5) is 30.0. The number of aromatic nitrogens is 1. The van der Waals surface area contributed by atoms with Crippen LogP contribution in [0.5, 0.6) is 0 Å². The molecule has 19 heavy (non-hydrogen) atoms. The Labute approximate surface area is 111 Å². The molecule has 0 aromatic carbocycles. The summed E-state index contributed by atoms with van der Waals surface area (Å²) in [6, 6.07) is 1.85. The quantitative estimate of drug-likeness (QED) is 0.853. The normalized spacial score (nSPS) is 15.4. The van der Waals surface area contributed by atoms with E-state index in [1.807, 2.05) is 11.0 Å². The summed E-state index contributed by atoms with van der Waals surface area (Å²) < 4.78 is 0. The third-order valence-electron chi connectivity index (χ3n) is 3.23. The number of rotatable bonds is 3. The van der Waals surface area contributed by atoms with Crippen LogP contribution < -0.4 is 4.90 Å². The number of amides is 1. The van der Waals surface area contributed by atoms with E-state index in [1.54, 1.807) is 19.3 Å². The van der Waals surface area contributed by atoms with Crippen molar-refractivity contribution in [3.63, 3.8) is 0 Å². The van der Waals surface area contributed by atoms with E-state index in [4.69, 9.17) is 5.11 Å². The predicted octanol–water partition coefficient (Wildman–Crippen LogP) is 0.377. The van der Waals surface area contributed by atoms with Gasteiger partial charge in [0.05, 0.1) is 18.3 Å². The third kappa shape index (κ3) is 3.43. The van der Waals surface area contributed by atoms with Crippen LogP contribution in [0.3, 0.4) is 0 Å². The lowest BCUT2D eigenvalue weighted by atomic mass is 10.2. The van der Waals surface area contributed by atoms with Crippen molar-refractivity contribution in [2.75, 3.05) is 31.1 Å². The summed E-state index contributed by atoms with van der Waals surface area (Å²) in [5.74, 6) is -0.766. The Morgan fingerprint density at radius 2 is 1.95 bits per heavy atom. The van der Waals surface area contributed by atoms with Crippen LogP contribution in [0.2, 0.25) is 0 Å². The Hall–Kier alpha value is -2.11. The van der Waals surface area contributed by atoms with Crippen molar-refractivity contribution in [3.05, 3.63) is 24.0 Å². The van der Waals surface area contributed by atoms with Gasteiger partial charge in [0.1, 0.15) is 0 Å². The molecule has 2 heterocycles. The maximum Gasteiger partial charge on any atom is 0.307 e. The zero-order valence-corrected chi connectivity index (χ0v) is 10.9. The van der Waals surface area contributed by atoms with Gasteiger partial charge < -0.3 is 14.9 Å². The number of hydrogen-bond donors (Lipinski definition) is 1. The summed E-state index contributed by atoms with van der Waals surface area (Å²) in [6.45, 7) is 4.46. The maximum absolute atomic E-state index is 11.2. The largest absolute Gasteiger partial charge is 0.481 e. The molecule has 1 aromatic heterocycles. The Balaban J connectivity index is 2.03. The molecule has 6 nitrogen and oxygen atoms in total. The van der Waals surface area contributed by atoms with E-state index in [9.17, 15) is 9.59 Å². The van der Waals surface area contributed by atoms with Gasteiger partial charge in [-0.25, -0.2) is 0 Å². The molecule has 102 valence electrons. The number of nitrogens with zero attached hydrogens (tertiary/aromatic N) is 3. The monoisotopic (exact) mass is 263 g/mol. The number of carbonyl (C=O) groups excluding carboxylic acids is 1. The molecule has 1 saturated heterocycles. The number of hydrogen-bond acceptors (Lipinski definition) is 4. The summed E-state index contributed by atoms with van der Waals surface area (Å²) in [5, 5.41) is 8.78. The number of carbonyl (C=O) groups is 2. The van der Waals surface area contributed by atoms with Gasteiger partial charge in [-0.2, -0.15) is 0 Å². The van der Waals surface area contributed by atoms with E-state index in [2.05, 4.69) is 9.88 Å². The molecule has 0 saturated carbocycles. The van der Waals surface area contributed by atoms with E-state index < -0.39 is 5.97 Å². The fourth-order valence-electron chi connectivity index (χ4n) is 2.20. The minimum Gasteiger partial charge on any atom is -0.481 e. The van der Waals surface area contributed by atoms with Gasteiger partial charge in [0.2, 0.25) is 5.91 Å². The predicted molar refractivity (Wildman–Crippen MR) is 70.0 cm³/mol. The van der Waals surface area contributed by atoms with Crippen molar-refractivity contribution in [1.82, 2.24) is 9.88 Å². The SMILES string of the molecule is CC(=O)N1CCN(c2cncc(CC(=O)O)c2)CC1. The highest BCUT2D eigenvalue weighted by Crippen LogP contribution is 2.17. The molecule has 2 rings (SSSR count). The lowest BCUT2D eigenvalue weighted by Gasteiger charge is -2.35. The van der Waals surface area contributed by atoms with Crippen molar-refractivity contribution >= 4 is 17.6 Å². The molecule has 0 spiro atoms. The second-order valence-corrected chi connectivity index (χ2v) is 4.62. The summed E-state index contributed by atoms with van der Waals surface area (Å²) in [6.07, 6.45) is 3.28. The van der Waals surface area contributed by atoms with E-state index in [0.29, 0.717) is 18.7 Å². The molecule has 0 bridgehead atoms. The Morgan fingerprint density at radius 1 is 1.26 bits per heavy atom. The van der Waals surface area contributed by atoms with Gasteiger partial charge in [-0.1, -0.05) is 0 Å². The van der Waals surface area contributed by atoms with Crippen molar-refractivity contribution in [2.45, 2.75) is 13.3 Å². The van der Waals surface area contributed by atoms with E-state index >= 15 is 0 Å². The number of anilines is 1. The average molecular weight is 263 g/mol. The first kappa shape index (κ1) is 13.3. The number of carboxylic acids is 1. The van der Waals surface area contributed by atoms with Gasteiger partial charge in [-0.05, 0) is 11.6 Å². The van der Waals surface area contributed by atoms with Crippen LogP contribution in [0.15, 0.2) is 18.5 Å². The highest BCUT2D eigenvalue weighted by atomic mass is 16.4. The van der Waals surface area contributed by atoms with Gasteiger partial charge in [-0.3, -0.25) is 14.6 Å². The third-order valence-corrected chi connectivity index (χ3v) is 3.23. The molecule has 1 aliphatic rings. The standard InChI is InChI=1S/C13H17N3O3/c1-10(17)15-2-4-16(5-3-15)12-6-11(7-13(18)19)8-14-9-12/h6,8-9H,2-5,7H2,1H3,(H,18,19). The molecule has 0 atom stereocenters. The molecule has 0 radical (unpaired) electrons. The minimum absolute atomic E-state index is 0.0196. The Kier molecular flexibility index (Phi) is 3.99. The second kappa shape index (κ2) is 5.69. The second-order valence-electron chi connectivity index (χ2n) is 4.62. The molecular weight excluding hydrogens is 246 g/mol. The molecule has 1 N–H and O–H groups in total. The Bertz CT molecular complexity index is 482. The molecule has 1 amide bonds. The van der Waals surface area contributed by atoms with Crippen molar-refractivity contribution in [1.29, 1.82) is 0 Å². The van der Waals surface area contributed by atoms with Gasteiger partial charge in [-0.15, -0.1) is 0 Å². The highest BCUT2D eigenvalue weighted by Gasteiger charge is 2.19. The first-order valence-electron chi connectivity index (χ1n) is 6.22. The zero-order valence-electron chi connectivity index (χ0n) is 10.9. The lowest BCUT2D eigenvalue weighted by molar-refractivity contribution is -0.136. The maximum atomic E-state index is 11.2. The molecule has 0 unspecified atom stereocenters. The lowest BCUT2D eigenvalue weighted by Crippen LogP contribution is -2.48. The van der Waals surface area contributed by atoms with Crippen LogP contribution in [-0.4, -0.2) is 53.0 Å². The number of piperazine rings is 1. The van der Waals surface area contributed by atoms with Gasteiger partial charge in [0, 0.05) is 39.3 Å². The summed E-state index contributed by atoms with van der Waals surface area (Å²) >= 11 is 0. The summed E-state index contributed by atoms with van der Waals surface area (Å²) in [7, 11) is 0. The fraction of sp³-hybridized carbons (Fsp3) is 0.462. The summed E-state index contributed by atoms with van der Waals surface area (Å²) in [5.41, 5.74) is 1.61. The van der Waals surface area contributed by atoms with Crippen molar-refractivity contribution in [3.8, 4) is 0 Å². The van der Waals surface area contributed by atoms with Crippen LogP contribution in [0, 0.1) is 0 Å². The van der Waals surface area contributed by atoms with Crippen LogP contribution >= 0.6 is 0 Å². The topological polar surface area (TPSA) is 73.7 Å². The number of aliphatic carboxylic acids is 1. The highest BCUT2D eigenvalue weighted by molar-refractivity contribution is 5.73. The van der Waals surface area contributed by atoms with Gasteiger partial charge in [0.15, 0.2) is 0 Å². The molecule has 1 aliphatic heterocycles. The fourth-order valence-corrected chi connectivity index (χ4v) is 2.20. The van der Waals surface area contributed by atoms with Crippen LogP contribution in [-0.2, 0) is 16.0 Å². The average Bonchev–Trinajstić information content (AvgIpc) is 2.38. The molecule has 0 aliphatic carbocycles. The number of pyridine rings is 1. The van der Waals surface area contributed by atoms with Crippen molar-refractivity contribution < 1.29 is 14.7 Å². The molecule has 1 aromatic rings. The Morgan fingerprint density at radius 3 is 2.53 bits per heavy atom. The van der Waals surface area contributed by atoms with E-state index in [-0.39, 0.29) is 12.3 Å². The minimum atomic E-state index is -0.861. The van der Waals surface area contributed by atoms with Crippen LogP contribution in [0.4, 0.5) is 5.69 Å². The molecule has 6 heteroatoms. The van der Waals surface area contributed by atoms with Crippen molar-refractivity contribution in [2.24, 2.45) is 0 Å². The van der Waals surface area contributed by atoms with Crippen LogP contribution in [0.1, 0.15) is 12.5 Å². The smallest absolute Gasteiger partial charge is 0.307 e. The van der Waals surface area contributed by atoms with Gasteiger partial charge >= 0.3 is 5.97 Å². The van der Waals surface area contributed by atoms with Gasteiger partial charge in [0.25, 0.3) is 0 Å². The number of carboxylic acid groups (broad SMARTS) is 1. The van der Waals surface area contributed by atoms with Crippen LogP contribution in [0.25, 0.3) is 0 Å². The molecular formula is C13H17N3O3.